The Morgan fingerprint density at radius 2 is 0.782 bits per heavy atom. The van der Waals surface area contributed by atoms with E-state index in [1.165, 1.54) is 16.3 Å². The van der Waals surface area contributed by atoms with Gasteiger partial charge in [-0.3, -0.25) is 0 Å². The largest absolute Gasteiger partial charge is 0.309 e. The van der Waals surface area contributed by atoms with Gasteiger partial charge in [-0.2, -0.15) is 10.5 Å². The van der Waals surface area contributed by atoms with E-state index in [2.05, 4.69) is 171 Å². The zero-order valence-electron chi connectivity index (χ0n) is 29.5. The van der Waals surface area contributed by atoms with Gasteiger partial charge in [0.05, 0.1) is 61.7 Å². The Bertz CT molecular complexity index is 3400. The van der Waals surface area contributed by atoms with Gasteiger partial charge in [0.25, 0.3) is 0 Å². The first-order chi connectivity index (χ1) is 27.2. The molecule has 5 nitrogen and oxygen atoms in total. The zero-order chi connectivity index (χ0) is 36.6. The van der Waals surface area contributed by atoms with Crippen molar-refractivity contribution in [2.75, 3.05) is 0 Å². The summed E-state index contributed by atoms with van der Waals surface area (Å²) in [5, 5.41) is 27.8. The van der Waals surface area contributed by atoms with Crippen molar-refractivity contribution in [1.29, 1.82) is 10.5 Å². The number of nitriles is 2. The molecule has 0 aliphatic carbocycles. The van der Waals surface area contributed by atoms with Crippen LogP contribution >= 0.6 is 0 Å². The Labute approximate surface area is 316 Å². The molecule has 0 unspecified atom stereocenters. The maximum atomic E-state index is 10.8. The summed E-state index contributed by atoms with van der Waals surface area (Å²) in [4.78, 5) is 0. The lowest BCUT2D eigenvalue weighted by Crippen LogP contribution is -2.07. The summed E-state index contributed by atoms with van der Waals surface area (Å²) >= 11 is 0. The number of aromatic nitrogens is 3. The van der Waals surface area contributed by atoms with Crippen molar-refractivity contribution >= 4 is 65.4 Å². The van der Waals surface area contributed by atoms with Gasteiger partial charge in [0, 0.05) is 38.0 Å². The topological polar surface area (TPSA) is 62.4 Å². The first-order valence-corrected chi connectivity index (χ1v) is 18.3. The molecule has 0 amide bonds. The first-order valence-electron chi connectivity index (χ1n) is 18.3. The van der Waals surface area contributed by atoms with Crippen LogP contribution in [0.25, 0.3) is 93.6 Å². The third kappa shape index (κ3) is 4.45. The number of nitrogens with zero attached hydrogens (tertiary/aromatic N) is 5. The maximum absolute atomic E-state index is 10.8. The van der Waals surface area contributed by atoms with Crippen LogP contribution in [-0.4, -0.2) is 13.7 Å². The standard InChI is InChI=1S/C50H29N5/c51-30-32-26-35(31-52)50(49(27-32)54-44-19-9-4-14-37(44)38-15-5-10-20-45(38)54)55-46-21-11-7-17-40(46)42-29-34(23-25-48(42)55)33-22-24-47-41(28-33)39-16-6-8-18-43(39)53(47)36-12-2-1-3-13-36/h1-29H. The van der Waals surface area contributed by atoms with Crippen LogP contribution in [0.3, 0.4) is 0 Å². The van der Waals surface area contributed by atoms with Gasteiger partial charge in [0.1, 0.15) is 6.07 Å². The highest BCUT2D eigenvalue weighted by molar-refractivity contribution is 6.14. The molecular weight excluding hydrogens is 671 g/mol. The molecule has 0 aliphatic rings. The lowest BCUT2D eigenvalue weighted by Gasteiger charge is -2.18. The lowest BCUT2D eigenvalue weighted by molar-refractivity contribution is 1.08. The average molecular weight is 700 g/mol. The Morgan fingerprint density at radius 3 is 1.31 bits per heavy atom. The minimum Gasteiger partial charge on any atom is -0.309 e. The predicted octanol–water partition coefficient (Wildman–Crippen LogP) is 12.4. The Kier molecular flexibility index (Phi) is 6.61. The van der Waals surface area contributed by atoms with Crippen molar-refractivity contribution < 1.29 is 0 Å². The van der Waals surface area contributed by atoms with E-state index < -0.39 is 0 Å². The van der Waals surface area contributed by atoms with Crippen LogP contribution in [0.5, 0.6) is 0 Å². The second-order valence-electron chi connectivity index (χ2n) is 14.0. The number of hydrogen-bond acceptors (Lipinski definition) is 2. The highest BCUT2D eigenvalue weighted by atomic mass is 15.1. The molecule has 254 valence electrons. The molecule has 0 radical (unpaired) electrons. The number of fused-ring (bicyclic) bond motifs is 9. The van der Waals surface area contributed by atoms with E-state index in [9.17, 15) is 10.5 Å². The summed E-state index contributed by atoms with van der Waals surface area (Å²) in [6.45, 7) is 0. The van der Waals surface area contributed by atoms with Crippen molar-refractivity contribution in [2.24, 2.45) is 0 Å². The van der Waals surface area contributed by atoms with Gasteiger partial charge >= 0.3 is 0 Å². The van der Waals surface area contributed by atoms with Gasteiger partial charge in [-0.1, -0.05) is 103 Å². The van der Waals surface area contributed by atoms with Crippen LogP contribution in [0.4, 0.5) is 0 Å². The van der Waals surface area contributed by atoms with Gasteiger partial charge in [-0.05, 0) is 83.9 Å². The molecular formula is C50H29N5. The smallest absolute Gasteiger partial charge is 0.101 e. The molecule has 11 aromatic rings. The molecule has 5 heteroatoms. The summed E-state index contributed by atoms with van der Waals surface area (Å²) in [6.07, 6.45) is 0. The van der Waals surface area contributed by atoms with Gasteiger partial charge in [0.2, 0.25) is 0 Å². The molecule has 0 N–H and O–H groups in total. The summed E-state index contributed by atoms with van der Waals surface area (Å²) in [5.74, 6) is 0. The summed E-state index contributed by atoms with van der Waals surface area (Å²) in [7, 11) is 0. The van der Waals surface area contributed by atoms with E-state index in [4.69, 9.17) is 0 Å². The number of benzene rings is 8. The van der Waals surface area contributed by atoms with Crippen LogP contribution in [0.2, 0.25) is 0 Å². The molecule has 0 aliphatic heterocycles. The minimum atomic E-state index is 0.433. The summed E-state index contributed by atoms with van der Waals surface area (Å²) in [6, 6.07) is 66.0. The highest BCUT2D eigenvalue weighted by Gasteiger charge is 2.23. The Balaban J connectivity index is 1.18. The van der Waals surface area contributed by atoms with Gasteiger partial charge in [0.15, 0.2) is 0 Å². The number of hydrogen-bond donors (Lipinski definition) is 0. The summed E-state index contributed by atoms with van der Waals surface area (Å²) in [5.41, 5.74) is 12.1. The summed E-state index contributed by atoms with van der Waals surface area (Å²) < 4.78 is 6.76. The quantitative estimate of drug-likeness (QED) is 0.184. The van der Waals surface area contributed by atoms with Crippen LogP contribution in [0, 0.1) is 22.7 Å². The fourth-order valence-corrected chi connectivity index (χ4v) is 8.76. The van der Waals surface area contributed by atoms with Crippen molar-refractivity contribution in [3.05, 3.63) is 187 Å². The average Bonchev–Trinajstić information content (AvgIpc) is 3.88. The molecule has 0 fully saturated rings. The third-order valence-corrected chi connectivity index (χ3v) is 11.1. The second-order valence-corrected chi connectivity index (χ2v) is 14.0. The van der Waals surface area contributed by atoms with Gasteiger partial charge in [-0.15, -0.1) is 0 Å². The fraction of sp³-hybridized carbons (Fsp3) is 0. The van der Waals surface area contributed by atoms with E-state index in [1.807, 2.05) is 24.3 Å². The van der Waals surface area contributed by atoms with E-state index >= 15 is 0 Å². The van der Waals surface area contributed by atoms with Crippen LogP contribution in [-0.2, 0) is 0 Å². The van der Waals surface area contributed by atoms with E-state index in [-0.39, 0.29) is 0 Å². The number of rotatable bonds is 4. The minimum absolute atomic E-state index is 0.433. The molecule has 0 saturated heterocycles. The third-order valence-electron chi connectivity index (χ3n) is 11.1. The van der Waals surface area contributed by atoms with E-state index in [0.29, 0.717) is 11.1 Å². The monoisotopic (exact) mass is 699 g/mol. The SMILES string of the molecule is N#Cc1cc(C#N)c(-n2c3ccccc3c3cc(-c4ccc5c(c4)c4ccccc4n5-c4ccccc4)ccc32)c(-n2c3ccccc3c3ccccc32)c1. The zero-order valence-corrected chi connectivity index (χ0v) is 29.5. The molecule has 11 rings (SSSR count). The molecule has 0 bridgehead atoms. The lowest BCUT2D eigenvalue weighted by atomic mass is 10.0. The highest BCUT2D eigenvalue weighted by Crippen LogP contribution is 2.42. The second kappa shape index (κ2) is 11.8. The van der Waals surface area contributed by atoms with Gasteiger partial charge in [-0.25, -0.2) is 0 Å². The first kappa shape index (κ1) is 30.7. The number of para-hydroxylation sites is 5. The molecule has 55 heavy (non-hydrogen) atoms. The van der Waals surface area contributed by atoms with E-state index in [1.54, 1.807) is 6.07 Å². The van der Waals surface area contributed by atoms with Crippen molar-refractivity contribution in [2.45, 2.75) is 0 Å². The molecule has 0 spiro atoms. The van der Waals surface area contributed by atoms with Crippen molar-refractivity contribution in [3.8, 4) is 40.3 Å². The van der Waals surface area contributed by atoms with E-state index in [0.717, 1.165) is 77.3 Å². The molecule has 0 saturated carbocycles. The molecule has 3 aromatic heterocycles. The van der Waals surface area contributed by atoms with Gasteiger partial charge < -0.3 is 13.7 Å². The van der Waals surface area contributed by atoms with Crippen molar-refractivity contribution in [3.63, 3.8) is 0 Å². The molecule has 3 heterocycles. The fourth-order valence-electron chi connectivity index (χ4n) is 8.76. The predicted molar refractivity (Wildman–Crippen MR) is 224 cm³/mol. The van der Waals surface area contributed by atoms with Crippen molar-refractivity contribution in [1.82, 2.24) is 13.7 Å². The Hall–Kier alpha value is -7.86. The van der Waals surface area contributed by atoms with Crippen LogP contribution < -0.4 is 0 Å². The Morgan fingerprint density at radius 1 is 0.345 bits per heavy atom. The normalized spacial score (nSPS) is 11.6. The maximum Gasteiger partial charge on any atom is 0.101 e. The van der Waals surface area contributed by atoms with Crippen LogP contribution in [0.15, 0.2) is 176 Å². The van der Waals surface area contributed by atoms with Crippen LogP contribution in [0.1, 0.15) is 11.1 Å². The molecule has 0 atom stereocenters. The molecule has 8 aromatic carbocycles.